The smallest absolute Gasteiger partial charge is 0.310 e. The fourth-order valence-corrected chi connectivity index (χ4v) is 1.69. The summed E-state index contributed by atoms with van der Waals surface area (Å²) >= 11 is 0. The van der Waals surface area contributed by atoms with E-state index in [1.165, 1.54) is 19.2 Å². The summed E-state index contributed by atoms with van der Waals surface area (Å²) < 4.78 is 4.49. The molecule has 6 heteroatoms. The molecule has 0 aromatic heterocycles. The van der Waals surface area contributed by atoms with Gasteiger partial charge in [-0.15, -0.1) is 0 Å². The normalized spacial score (nSPS) is 9.61. The second-order valence-corrected chi connectivity index (χ2v) is 3.57. The van der Waals surface area contributed by atoms with Gasteiger partial charge in [0.2, 0.25) is 0 Å². The molecule has 94 valence electrons. The van der Waals surface area contributed by atoms with E-state index in [9.17, 15) is 14.9 Å². The van der Waals surface area contributed by atoms with E-state index < -0.39 is 10.9 Å². The van der Waals surface area contributed by atoms with Crippen LogP contribution in [0.3, 0.4) is 0 Å². The maximum Gasteiger partial charge on any atom is 0.310 e. The molecule has 0 aliphatic carbocycles. The van der Waals surface area contributed by atoms with E-state index in [0.717, 1.165) is 0 Å². The number of hydrogen-bond donors (Lipinski definition) is 0. The van der Waals surface area contributed by atoms with E-state index in [1.54, 1.807) is 0 Å². The van der Waals surface area contributed by atoms with Crippen LogP contribution in [-0.4, -0.2) is 18.0 Å². The van der Waals surface area contributed by atoms with E-state index in [1.807, 2.05) is 13.0 Å². The molecule has 6 nitrogen and oxygen atoms in total. The molecule has 0 N–H and O–H groups in total. The number of nitro groups is 1. The van der Waals surface area contributed by atoms with Crippen LogP contribution < -0.4 is 0 Å². The highest BCUT2D eigenvalue weighted by atomic mass is 16.6. The van der Waals surface area contributed by atoms with Crippen LogP contribution in [0.15, 0.2) is 12.1 Å². The molecule has 0 fully saturated rings. The van der Waals surface area contributed by atoms with Crippen LogP contribution in [0.25, 0.3) is 0 Å². The summed E-state index contributed by atoms with van der Waals surface area (Å²) in [6, 6.07) is 4.78. The summed E-state index contributed by atoms with van der Waals surface area (Å²) in [5, 5.41) is 20.0. The lowest BCUT2D eigenvalue weighted by Gasteiger charge is -2.08. The standard InChI is InChI=1S/C12H12N2O4/c1-3-8-4-5-11(14(16)17)9(10(8)7-13)6-12(15)18-2/h4-5H,3,6H2,1-2H3. The fourth-order valence-electron chi connectivity index (χ4n) is 1.69. The second-order valence-electron chi connectivity index (χ2n) is 3.57. The van der Waals surface area contributed by atoms with Gasteiger partial charge in [0.15, 0.2) is 0 Å². The lowest BCUT2D eigenvalue weighted by Crippen LogP contribution is -2.10. The van der Waals surface area contributed by atoms with Crippen LogP contribution >= 0.6 is 0 Å². The molecule has 0 amide bonds. The van der Waals surface area contributed by atoms with Crippen LogP contribution in [0.1, 0.15) is 23.6 Å². The summed E-state index contributed by atoms with van der Waals surface area (Å²) in [7, 11) is 1.20. The minimum atomic E-state index is -0.608. The molecule has 1 aromatic carbocycles. The Hall–Kier alpha value is -2.42. The van der Waals surface area contributed by atoms with Gasteiger partial charge < -0.3 is 4.74 Å². The summed E-state index contributed by atoms with van der Waals surface area (Å²) in [5.74, 6) is -0.608. The molecule has 0 bridgehead atoms. The molecule has 1 rings (SSSR count). The third kappa shape index (κ3) is 2.63. The van der Waals surface area contributed by atoms with E-state index >= 15 is 0 Å². The molecule has 18 heavy (non-hydrogen) atoms. The summed E-state index contributed by atoms with van der Waals surface area (Å²) in [6.07, 6.45) is 0.290. The molecular weight excluding hydrogens is 236 g/mol. The van der Waals surface area contributed by atoms with Crippen molar-refractivity contribution in [2.24, 2.45) is 0 Å². The third-order valence-corrected chi connectivity index (χ3v) is 2.61. The van der Waals surface area contributed by atoms with Gasteiger partial charge in [-0.2, -0.15) is 5.26 Å². The Balaban J connectivity index is 3.44. The predicted molar refractivity (Wildman–Crippen MR) is 62.9 cm³/mol. The number of hydrogen-bond acceptors (Lipinski definition) is 5. The molecule has 0 spiro atoms. The van der Waals surface area contributed by atoms with Gasteiger partial charge in [0.1, 0.15) is 0 Å². The van der Waals surface area contributed by atoms with Crippen molar-refractivity contribution in [2.45, 2.75) is 19.8 Å². The highest BCUT2D eigenvalue weighted by Gasteiger charge is 2.22. The topological polar surface area (TPSA) is 93.2 Å². The molecule has 0 atom stereocenters. The number of nitrogens with zero attached hydrogens (tertiary/aromatic N) is 2. The molecule has 1 aromatic rings. The largest absolute Gasteiger partial charge is 0.469 e. The van der Waals surface area contributed by atoms with Gasteiger partial charge in [0.25, 0.3) is 5.69 Å². The van der Waals surface area contributed by atoms with E-state index in [4.69, 9.17) is 5.26 Å². The average Bonchev–Trinajstić information content (AvgIpc) is 2.37. The van der Waals surface area contributed by atoms with E-state index in [0.29, 0.717) is 12.0 Å². The Morgan fingerprint density at radius 2 is 2.22 bits per heavy atom. The molecule has 0 heterocycles. The number of methoxy groups -OCH3 is 1. The summed E-state index contributed by atoms with van der Waals surface area (Å²) in [4.78, 5) is 21.6. The van der Waals surface area contributed by atoms with Crippen LogP contribution in [0.2, 0.25) is 0 Å². The number of ether oxygens (including phenoxy) is 1. The first-order chi connectivity index (χ1) is 8.54. The van der Waals surface area contributed by atoms with Crippen molar-refractivity contribution in [2.75, 3.05) is 7.11 Å². The zero-order chi connectivity index (χ0) is 13.7. The Bertz CT molecular complexity index is 532. The summed E-state index contributed by atoms with van der Waals surface area (Å²) in [5.41, 5.74) is 0.766. The zero-order valence-corrected chi connectivity index (χ0v) is 10.1. The van der Waals surface area contributed by atoms with Crippen molar-refractivity contribution in [3.63, 3.8) is 0 Å². The summed E-state index contributed by atoms with van der Waals surface area (Å²) in [6.45, 7) is 1.84. The highest BCUT2D eigenvalue weighted by Crippen LogP contribution is 2.26. The second kappa shape index (κ2) is 5.77. The van der Waals surface area contributed by atoms with Crippen molar-refractivity contribution in [1.82, 2.24) is 0 Å². The van der Waals surface area contributed by atoms with Crippen molar-refractivity contribution in [3.05, 3.63) is 38.9 Å². The maximum atomic E-state index is 11.3. The Morgan fingerprint density at radius 1 is 1.56 bits per heavy atom. The van der Waals surface area contributed by atoms with Crippen LogP contribution in [0.4, 0.5) is 5.69 Å². The van der Waals surface area contributed by atoms with Crippen molar-refractivity contribution in [3.8, 4) is 6.07 Å². The van der Waals surface area contributed by atoms with E-state index in [2.05, 4.69) is 4.74 Å². The minimum Gasteiger partial charge on any atom is -0.469 e. The Labute approximate surface area is 104 Å². The van der Waals surface area contributed by atoms with Gasteiger partial charge in [0.05, 0.1) is 35.7 Å². The van der Waals surface area contributed by atoms with E-state index in [-0.39, 0.29) is 23.2 Å². The predicted octanol–water partition coefficient (Wildman–Crippen LogP) is 1.74. The SMILES string of the molecule is CCc1ccc([N+](=O)[O-])c(CC(=O)OC)c1C#N. The number of carbonyl (C=O) groups excluding carboxylic acids is 1. The molecule has 0 aliphatic rings. The zero-order valence-electron chi connectivity index (χ0n) is 10.1. The van der Waals surface area contributed by atoms with Crippen LogP contribution in [0, 0.1) is 21.4 Å². The first kappa shape index (κ1) is 13.6. The first-order valence-electron chi connectivity index (χ1n) is 5.31. The van der Waals surface area contributed by atoms with Gasteiger partial charge in [0, 0.05) is 6.07 Å². The number of nitro benzene ring substituents is 1. The Morgan fingerprint density at radius 3 is 2.67 bits per heavy atom. The highest BCUT2D eigenvalue weighted by molar-refractivity contribution is 5.76. The third-order valence-electron chi connectivity index (χ3n) is 2.61. The fraction of sp³-hybridized carbons (Fsp3) is 0.333. The lowest BCUT2D eigenvalue weighted by atomic mass is 9.96. The number of aryl methyl sites for hydroxylation is 1. The average molecular weight is 248 g/mol. The van der Waals surface area contributed by atoms with Gasteiger partial charge in [-0.25, -0.2) is 0 Å². The molecular formula is C12H12N2O4. The van der Waals surface area contributed by atoms with Gasteiger partial charge >= 0.3 is 5.97 Å². The number of esters is 1. The quantitative estimate of drug-likeness (QED) is 0.459. The monoisotopic (exact) mass is 248 g/mol. The van der Waals surface area contributed by atoms with Crippen molar-refractivity contribution < 1.29 is 14.5 Å². The van der Waals surface area contributed by atoms with Gasteiger partial charge in [-0.1, -0.05) is 13.0 Å². The number of rotatable bonds is 4. The molecule has 0 aliphatic heterocycles. The molecule has 0 saturated carbocycles. The number of benzene rings is 1. The van der Waals surface area contributed by atoms with Gasteiger partial charge in [-0.05, 0) is 12.0 Å². The van der Waals surface area contributed by atoms with Crippen LogP contribution in [0.5, 0.6) is 0 Å². The molecule has 0 unspecified atom stereocenters. The number of nitriles is 1. The lowest BCUT2D eigenvalue weighted by molar-refractivity contribution is -0.385. The first-order valence-corrected chi connectivity index (χ1v) is 5.31. The minimum absolute atomic E-state index is 0.119. The van der Waals surface area contributed by atoms with Crippen molar-refractivity contribution >= 4 is 11.7 Å². The van der Waals surface area contributed by atoms with Crippen LogP contribution in [-0.2, 0) is 22.4 Å². The Kier molecular flexibility index (Phi) is 4.38. The molecule has 0 radical (unpaired) electrons. The maximum absolute atomic E-state index is 11.3. The number of carbonyl (C=O) groups is 1. The van der Waals surface area contributed by atoms with Crippen molar-refractivity contribution in [1.29, 1.82) is 5.26 Å². The van der Waals surface area contributed by atoms with Gasteiger partial charge in [-0.3, -0.25) is 14.9 Å². The molecule has 0 saturated heterocycles.